The number of benzene rings is 2. The smallest absolute Gasteiger partial charge is 0.298 e. The first-order valence-electron chi connectivity index (χ1n) is 10.4. The van der Waals surface area contributed by atoms with E-state index in [0.717, 1.165) is 35.1 Å². The van der Waals surface area contributed by atoms with Gasteiger partial charge in [0.25, 0.3) is 5.91 Å². The first-order chi connectivity index (χ1) is 15.1. The van der Waals surface area contributed by atoms with Crippen LogP contribution in [0.5, 0.6) is 0 Å². The lowest BCUT2D eigenvalue weighted by Gasteiger charge is -2.19. The summed E-state index contributed by atoms with van der Waals surface area (Å²) < 4.78 is 0. The number of imide groups is 1. The minimum atomic E-state index is -1.08. The molecule has 3 amide bonds. The molecule has 0 aromatic heterocycles. The van der Waals surface area contributed by atoms with Crippen molar-refractivity contribution in [2.45, 2.75) is 38.5 Å². The zero-order valence-corrected chi connectivity index (χ0v) is 17.5. The Labute approximate surface area is 181 Å². The first kappa shape index (κ1) is 22.4. The second-order valence-corrected chi connectivity index (χ2v) is 7.48. The molecule has 0 radical (unpaired) electrons. The highest BCUT2D eigenvalue weighted by atomic mass is 16.7. The van der Waals surface area contributed by atoms with Gasteiger partial charge in [-0.2, -0.15) is 0 Å². The molecule has 1 aliphatic rings. The molecule has 0 aliphatic heterocycles. The summed E-state index contributed by atoms with van der Waals surface area (Å²) in [4.78, 5) is 53.3. The minimum absolute atomic E-state index is 0.0162. The van der Waals surface area contributed by atoms with Crippen LogP contribution in [0.4, 0.5) is 4.79 Å². The number of hydroxylamine groups is 1. The van der Waals surface area contributed by atoms with Crippen molar-refractivity contribution in [2.24, 2.45) is 0 Å². The molecular weight excluding hydrogens is 396 g/mol. The highest BCUT2D eigenvalue weighted by Gasteiger charge is 2.29. The number of carbonyl (C=O) groups excluding carboxylic acids is 4. The fraction of sp³-hybridized carbons (Fsp3) is 0.333. The van der Waals surface area contributed by atoms with Gasteiger partial charge in [0.1, 0.15) is 0 Å². The van der Waals surface area contributed by atoms with E-state index in [2.05, 4.69) is 5.48 Å². The van der Waals surface area contributed by atoms with Gasteiger partial charge < -0.3 is 0 Å². The summed E-state index contributed by atoms with van der Waals surface area (Å²) in [5.74, 6) is -1.45. The van der Waals surface area contributed by atoms with Gasteiger partial charge in [0.2, 0.25) is 6.29 Å². The van der Waals surface area contributed by atoms with Gasteiger partial charge in [-0.3, -0.25) is 19.2 Å². The average Bonchev–Trinajstić information content (AvgIpc) is 3.11. The zero-order valence-electron chi connectivity index (χ0n) is 17.5. The van der Waals surface area contributed by atoms with Crippen LogP contribution in [0, 0.1) is 0 Å². The molecule has 0 bridgehead atoms. The van der Waals surface area contributed by atoms with Crippen LogP contribution in [0.1, 0.15) is 49.7 Å². The van der Waals surface area contributed by atoms with Crippen LogP contribution in [-0.2, 0) is 19.2 Å². The summed E-state index contributed by atoms with van der Waals surface area (Å²) in [6, 6.07) is 15.0. The Hall–Kier alpha value is -3.32. The molecule has 1 N–H and O–H groups in total. The number of hydrogen-bond acceptors (Lipinski definition) is 5. The molecule has 7 nitrogen and oxygen atoms in total. The van der Waals surface area contributed by atoms with Crippen molar-refractivity contribution >= 4 is 24.0 Å². The van der Waals surface area contributed by atoms with Gasteiger partial charge in [0.05, 0.1) is 13.2 Å². The Balaban J connectivity index is 1.62. The van der Waals surface area contributed by atoms with Crippen LogP contribution in [0.25, 0.3) is 11.1 Å². The molecule has 3 rings (SSSR count). The van der Waals surface area contributed by atoms with Gasteiger partial charge in [-0.25, -0.2) is 15.2 Å². The Morgan fingerprint density at radius 1 is 1.00 bits per heavy atom. The number of unbranched alkanes of at least 4 members (excludes halogenated alkanes) is 2. The predicted molar refractivity (Wildman–Crippen MR) is 115 cm³/mol. The van der Waals surface area contributed by atoms with E-state index < -0.39 is 18.5 Å². The molecule has 1 aliphatic carbocycles. The second kappa shape index (κ2) is 10.6. The normalized spacial score (nSPS) is 12.0. The van der Waals surface area contributed by atoms with Crippen LogP contribution in [-0.4, -0.2) is 42.1 Å². The lowest BCUT2D eigenvalue weighted by molar-refractivity contribution is -0.138. The van der Waals surface area contributed by atoms with E-state index in [1.807, 2.05) is 55.5 Å². The topological polar surface area (TPSA) is 92.8 Å². The van der Waals surface area contributed by atoms with Gasteiger partial charge in [-0.15, -0.1) is 0 Å². The molecule has 0 saturated carbocycles. The maximum atomic E-state index is 12.4. The summed E-state index contributed by atoms with van der Waals surface area (Å²) in [6.45, 7) is 1.71. The van der Waals surface area contributed by atoms with E-state index in [9.17, 15) is 19.2 Å². The number of hydrogen-bond donors (Lipinski definition) is 1. The van der Waals surface area contributed by atoms with E-state index in [1.165, 1.54) is 0 Å². The van der Waals surface area contributed by atoms with Crippen molar-refractivity contribution in [3.8, 4) is 11.1 Å². The number of fused-ring (bicyclic) bond motifs is 3. The van der Waals surface area contributed by atoms with Gasteiger partial charge >= 0.3 is 6.03 Å². The van der Waals surface area contributed by atoms with Gasteiger partial charge in [0.15, 0.2) is 5.78 Å². The molecule has 0 saturated heterocycles. The van der Waals surface area contributed by atoms with E-state index in [0.29, 0.717) is 11.3 Å². The van der Waals surface area contributed by atoms with E-state index in [1.54, 1.807) is 0 Å². The maximum Gasteiger partial charge on any atom is 0.348 e. The van der Waals surface area contributed by atoms with Gasteiger partial charge in [-0.05, 0) is 28.7 Å². The van der Waals surface area contributed by atoms with Crippen LogP contribution < -0.4 is 5.48 Å². The number of nitrogens with one attached hydrogen (secondary N) is 1. The first-order valence-corrected chi connectivity index (χ1v) is 10.4. The third kappa shape index (κ3) is 5.24. The molecule has 162 valence electrons. The van der Waals surface area contributed by atoms with E-state index in [-0.39, 0.29) is 31.0 Å². The molecule has 0 unspecified atom stereocenters. The van der Waals surface area contributed by atoms with Crippen molar-refractivity contribution < 1.29 is 24.0 Å². The third-order valence-electron chi connectivity index (χ3n) is 5.38. The summed E-state index contributed by atoms with van der Waals surface area (Å²) in [7, 11) is 0. The third-order valence-corrected chi connectivity index (χ3v) is 5.38. The summed E-state index contributed by atoms with van der Waals surface area (Å²) in [5.41, 5.74) is 6.63. The zero-order chi connectivity index (χ0) is 22.2. The van der Waals surface area contributed by atoms with Crippen molar-refractivity contribution in [2.75, 3.05) is 13.2 Å². The van der Waals surface area contributed by atoms with Gasteiger partial charge in [-0.1, -0.05) is 68.3 Å². The van der Waals surface area contributed by atoms with Crippen LogP contribution >= 0.6 is 0 Å². The monoisotopic (exact) mass is 422 g/mol. The second-order valence-electron chi connectivity index (χ2n) is 7.48. The van der Waals surface area contributed by atoms with E-state index in [4.69, 9.17) is 4.84 Å². The fourth-order valence-corrected chi connectivity index (χ4v) is 3.82. The highest BCUT2D eigenvalue weighted by Crippen LogP contribution is 2.44. The van der Waals surface area contributed by atoms with Crippen LogP contribution in [0.15, 0.2) is 48.5 Å². The maximum absolute atomic E-state index is 12.4. The Kier molecular flexibility index (Phi) is 7.67. The van der Waals surface area contributed by atoms with E-state index >= 15 is 0 Å². The lowest BCUT2D eigenvalue weighted by Crippen LogP contribution is -2.47. The van der Waals surface area contributed by atoms with Crippen molar-refractivity contribution in [1.82, 2.24) is 10.4 Å². The molecule has 0 heterocycles. The Bertz CT molecular complexity index is 926. The fourth-order valence-electron chi connectivity index (χ4n) is 3.82. The Morgan fingerprint density at radius 2 is 1.61 bits per heavy atom. The molecule has 0 spiro atoms. The molecule has 0 fully saturated rings. The summed E-state index contributed by atoms with van der Waals surface area (Å²) in [6.07, 6.45) is 2.78. The molecular formula is C24H26N2O5. The summed E-state index contributed by atoms with van der Waals surface area (Å²) >= 11 is 0. The van der Waals surface area contributed by atoms with Crippen molar-refractivity contribution in [3.63, 3.8) is 0 Å². The molecule has 7 heteroatoms. The standard InChI is InChI=1S/C24H26N2O5/c1-2-3-4-9-17(28)14-26(23(29)15-27)24(30)25-31-16-22-20-12-7-5-10-18(20)19-11-6-8-13-21(19)22/h5-8,10-13,15,22H,2-4,9,14,16H2,1H3,(H,25,30). The van der Waals surface area contributed by atoms with Crippen molar-refractivity contribution in [1.29, 1.82) is 0 Å². The van der Waals surface area contributed by atoms with Crippen molar-refractivity contribution in [3.05, 3.63) is 59.7 Å². The number of urea groups is 1. The molecule has 2 aromatic rings. The van der Waals surface area contributed by atoms with Crippen LogP contribution in [0.3, 0.4) is 0 Å². The number of Topliss-reactive ketones (excluding diaryl/α,β-unsaturated/α-hetero) is 1. The number of carbonyl (C=O) groups is 4. The summed E-state index contributed by atoms with van der Waals surface area (Å²) in [5, 5.41) is 0. The molecule has 31 heavy (non-hydrogen) atoms. The van der Waals surface area contributed by atoms with Crippen LogP contribution in [0.2, 0.25) is 0 Å². The number of rotatable bonds is 10. The number of ketones is 1. The Morgan fingerprint density at radius 3 is 2.19 bits per heavy atom. The largest absolute Gasteiger partial charge is 0.348 e. The quantitative estimate of drug-likeness (QED) is 0.273. The van der Waals surface area contributed by atoms with Gasteiger partial charge in [0, 0.05) is 12.3 Å². The number of nitrogens with zero attached hydrogens (tertiary/aromatic N) is 1. The lowest BCUT2D eigenvalue weighted by atomic mass is 9.98. The predicted octanol–water partition coefficient (Wildman–Crippen LogP) is 3.62. The SMILES string of the molecule is CCCCCC(=O)CN(C(=O)C=O)C(=O)NOCC1c2ccccc2-c2ccccc21. The highest BCUT2D eigenvalue weighted by molar-refractivity contribution is 6.27. The minimum Gasteiger partial charge on any atom is -0.298 e. The molecule has 0 atom stereocenters. The molecule has 2 aromatic carbocycles. The number of amides is 3. The average molecular weight is 422 g/mol. The number of aldehydes is 1.